The van der Waals surface area contributed by atoms with Gasteiger partial charge in [-0.2, -0.15) is 0 Å². The van der Waals surface area contributed by atoms with Crippen molar-refractivity contribution in [3.63, 3.8) is 0 Å². The Balaban J connectivity index is 2.01. The standard InChI is InChI=1S/C14H18ClFN2O/c1-18(9-11-4-2-3-7-17-11)14(19)12-6-5-10(15)8-13(12)16/h5-6,8,11,17H,2-4,7,9H2,1H3. The summed E-state index contributed by atoms with van der Waals surface area (Å²) in [4.78, 5) is 13.7. The highest BCUT2D eigenvalue weighted by atomic mass is 35.5. The largest absolute Gasteiger partial charge is 0.340 e. The first-order valence-corrected chi connectivity index (χ1v) is 6.89. The van der Waals surface area contributed by atoms with Crippen molar-refractivity contribution in [3.8, 4) is 0 Å². The molecule has 1 saturated heterocycles. The van der Waals surface area contributed by atoms with Crippen molar-refractivity contribution in [1.29, 1.82) is 0 Å². The minimum Gasteiger partial charge on any atom is -0.340 e. The normalized spacial score (nSPS) is 19.2. The maximum Gasteiger partial charge on any atom is 0.256 e. The summed E-state index contributed by atoms with van der Waals surface area (Å²) in [6.45, 7) is 1.59. The highest BCUT2D eigenvalue weighted by Crippen LogP contribution is 2.16. The molecule has 1 unspecified atom stereocenters. The first-order valence-electron chi connectivity index (χ1n) is 6.52. The van der Waals surface area contributed by atoms with E-state index in [0.29, 0.717) is 17.6 Å². The van der Waals surface area contributed by atoms with Gasteiger partial charge in [0.1, 0.15) is 5.82 Å². The Morgan fingerprint density at radius 3 is 2.95 bits per heavy atom. The maximum atomic E-state index is 13.7. The molecule has 0 radical (unpaired) electrons. The van der Waals surface area contributed by atoms with E-state index in [1.165, 1.54) is 31.0 Å². The Hall–Kier alpha value is -1.13. The molecule has 1 aliphatic heterocycles. The van der Waals surface area contributed by atoms with Gasteiger partial charge >= 0.3 is 0 Å². The molecule has 1 aliphatic rings. The van der Waals surface area contributed by atoms with E-state index < -0.39 is 5.82 Å². The summed E-state index contributed by atoms with van der Waals surface area (Å²) < 4.78 is 13.7. The topological polar surface area (TPSA) is 32.3 Å². The first-order chi connectivity index (χ1) is 9.08. The summed E-state index contributed by atoms with van der Waals surface area (Å²) in [5.41, 5.74) is 0.0720. The van der Waals surface area contributed by atoms with Crippen LogP contribution in [0.25, 0.3) is 0 Å². The van der Waals surface area contributed by atoms with Crippen molar-refractivity contribution in [2.75, 3.05) is 20.1 Å². The molecule has 5 heteroatoms. The average Bonchev–Trinajstić information content (AvgIpc) is 2.39. The summed E-state index contributed by atoms with van der Waals surface area (Å²) in [7, 11) is 1.70. The lowest BCUT2D eigenvalue weighted by Gasteiger charge is -2.28. The molecule has 2 rings (SSSR count). The number of likely N-dealkylation sites (N-methyl/N-ethyl adjacent to an activating group) is 1. The molecule has 1 atom stereocenters. The second-order valence-corrected chi connectivity index (χ2v) is 5.39. The second kappa shape index (κ2) is 6.35. The van der Waals surface area contributed by atoms with Gasteiger partial charge in [-0.3, -0.25) is 4.79 Å². The van der Waals surface area contributed by atoms with Gasteiger partial charge in [-0.05, 0) is 37.6 Å². The van der Waals surface area contributed by atoms with Crippen LogP contribution in [0.15, 0.2) is 18.2 Å². The fraction of sp³-hybridized carbons (Fsp3) is 0.500. The minimum atomic E-state index is -0.569. The quantitative estimate of drug-likeness (QED) is 0.926. The lowest BCUT2D eigenvalue weighted by Crippen LogP contribution is -2.44. The van der Waals surface area contributed by atoms with E-state index >= 15 is 0 Å². The smallest absolute Gasteiger partial charge is 0.256 e. The van der Waals surface area contributed by atoms with Crippen LogP contribution in [-0.2, 0) is 0 Å². The minimum absolute atomic E-state index is 0.0720. The molecule has 1 fully saturated rings. The van der Waals surface area contributed by atoms with Crippen molar-refractivity contribution in [3.05, 3.63) is 34.6 Å². The molecular weight excluding hydrogens is 267 g/mol. The van der Waals surface area contributed by atoms with Gasteiger partial charge in [-0.25, -0.2) is 4.39 Å². The Morgan fingerprint density at radius 1 is 1.53 bits per heavy atom. The van der Waals surface area contributed by atoms with E-state index in [0.717, 1.165) is 13.0 Å². The molecule has 1 amide bonds. The van der Waals surface area contributed by atoms with Crippen LogP contribution in [0.5, 0.6) is 0 Å². The molecular formula is C14H18ClFN2O. The number of rotatable bonds is 3. The molecule has 1 aromatic rings. The van der Waals surface area contributed by atoms with Crippen molar-refractivity contribution in [1.82, 2.24) is 10.2 Å². The van der Waals surface area contributed by atoms with E-state index in [-0.39, 0.29) is 11.5 Å². The molecule has 0 aliphatic carbocycles. The van der Waals surface area contributed by atoms with Crippen molar-refractivity contribution in [2.45, 2.75) is 25.3 Å². The second-order valence-electron chi connectivity index (χ2n) is 4.96. The zero-order valence-electron chi connectivity index (χ0n) is 11.0. The molecule has 0 saturated carbocycles. The number of hydrogen-bond donors (Lipinski definition) is 1. The van der Waals surface area contributed by atoms with Crippen LogP contribution in [0, 0.1) is 5.82 Å². The third-order valence-corrected chi connectivity index (χ3v) is 3.65. The summed E-state index contributed by atoms with van der Waals surface area (Å²) in [6.07, 6.45) is 3.41. The van der Waals surface area contributed by atoms with Crippen LogP contribution in [0.4, 0.5) is 4.39 Å². The highest BCUT2D eigenvalue weighted by Gasteiger charge is 2.20. The van der Waals surface area contributed by atoms with Crippen LogP contribution in [0.1, 0.15) is 29.6 Å². The van der Waals surface area contributed by atoms with Crippen LogP contribution in [0.2, 0.25) is 5.02 Å². The van der Waals surface area contributed by atoms with Gasteiger partial charge in [0.2, 0.25) is 0 Å². The molecule has 0 bridgehead atoms. The van der Waals surface area contributed by atoms with Crippen LogP contribution in [0.3, 0.4) is 0 Å². The third-order valence-electron chi connectivity index (χ3n) is 3.41. The van der Waals surface area contributed by atoms with E-state index in [1.807, 2.05) is 0 Å². The lowest BCUT2D eigenvalue weighted by molar-refractivity contribution is 0.0770. The fourth-order valence-electron chi connectivity index (χ4n) is 2.36. The number of nitrogens with zero attached hydrogens (tertiary/aromatic N) is 1. The van der Waals surface area contributed by atoms with E-state index in [2.05, 4.69) is 5.32 Å². The van der Waals surface area contributed by atoms with Gasteiger partial charge in [-0.15, -0.1) is 0 Å². The van der Waals surface area contributed by atoms with Crippen molar-refractivity contribution < 1.29 is 9.18 Å². The molecule has 0 spiro atoms. The Bertz CT molecular complexity index is 461. The van der Waals surface area contributed by atoms with Crippen LogP contribution >= 0.6 is 11.6 Å². The zero-order valence-corrected chi connectivity index (χ0v) is 11.7. The Morgan fingerprint density at radius 2 is 2.32 bits per heavy atom. The number of nitrogens with one attached hydrogen (secondary N) is 1. The number of carbonyl (C=O) groups is 1. The summed E-state index contributed by atoms with van der Waals surface area (Å²) in [6, 6.07) is 4.44. The highest BCUT2D eigenvalue weighted by molar-refractivity contribution is 6.30. The number of hydrogen-bond acceptors (Lipinski definition) is 2. The van der Waals surface area contributed by atoms with Gasteiger partial charge in [-0.1, -0.05) is 18.0 Å². The first kappa shape index (κ1) is 14.3. The molecule has 104 valence electrons. The number of piperidine rings is 1. The summed E-state index contributed by atoms with van der Waals surface area (Å²) in [5, 5.41) is 3.67. The third kappa shape index (κ3) is 3.67. The van der Waals surface area contributed by atoms with Gasteiger partial charge in [0.05, 0.1) is 5.56 Å². The number of carbonyl (C=O) groups excluding carboxylic acids is 1. The van der Waals surface area contributed by atoms with Gasteiger partial charge in [0, 0.05) is 24.7 Å². The van der Waals surface area contributed by atoms with Crippen LogP contribution < -0.4 is 5.32 Å². The molecule has 0 aromatic heterocycles. The Labute approximate surface area is 117 Å². The van der Waals surface area contributed by atoms with Crippen molar-refractivity contribution >= 4 is 17.5 Å². The maximum absolute atomic E-state index is 13.7. The van der Waals surface area contributed by atoms with E-state index in [4.69, 9.17) is 11.6 Å². The average molecular weight is 285 g/mol. The SMILES string of the molecule is CN(CC1CCCCN1)C(=O)c1ccc(Cl)cc1F. The monoisotopic (exact) mass is 284 g/mol. The van der Waals surface area contributed by atoms with E-state index in [1.54, 1.807) is 11.9 Å². The molecule has 3 nitrogen and oxygen atoms in total. The predicted octanol–water partition coefficient (Wildman–Crippen LogP) is 2.69. The summed E-state index contributed by atoms with van der Waals surface area (Å²) in [5.74, 6) is -0.873. The van der Waals surface area contributed by atoms with Gasteiger partial charge in [0.25, 0.3) is 5.91 Å². The number of amides is 1. The zero-order chi connectivity index (χ0) is 13.8. The fourth-order valence-corrected chi connectivity index (χ4v) is 2.52. The Kier molecular flexibility index (Phi) is 4.77. The molecule has 1 aromatic carbocycles. The number of benzene rings is 1. The lowest BCUT2D eigenvalue weighted by atomic mass is 10.0. The molecule has 1 heterocycles. The van der Waals surface area contributed by atoms with Gasteiger partial charge < -0.3 is 10.2 Å². The van der Waals surface area contributed by atoms with E-state index in [9.17, 15) is 9.18 Å². The molecule has 1 N–H and O–H groups in total. The predicted molar refractivity (Wildman–Crippen MR) is 74.0 cm³/mol. The molecule has 19 heavy (non-hydrogen) atoms. The number of halogens is 2. The van der Waals surface area contributed by atoms with Crippen molar-refractivity contribution in [2.24, 2.45) is 0 Å². The van der Waals surface area contributed by atoms with Gasteiger partial charge in [0.15, 0.2) is 0 Å². The summed E-state index contributed by atoms with van der Waals surface area (Å²) >= 11 is 5.68. The van der Waals surface area contributed by atoms with Crippen LogP contribution in [-0.4, -0.2) is 37.0 Å².